The maximum atomic E-state index is 13.0. The van der Waals surface area contributed by atoms with E-state index in [0.717, 1.165) is 16.4 Å². The zero-order valence-electron chi connectivity index (χ0n) is 13.8. The Morgan fingerprint density at radius 3 is 2.37 bits per heavy atom. The molecule has 1 aromatic carbocycles. The van der Waals surface area contributed by atoms with Crippen molar-refractivity contribution in [1.29, 1.82) is 0 Å². The Labute approximate surface area is 158 Å². The van der Waals surface area contributed by atoms with Crippen LogP contribution in [-0.2, 0) is 30.5 Å². The summed E-state index contributed by atoms with van der Waals surface area (Å²) in [7, 11) is -4.19. The number of nitrogens with zero attached hydrogens (tertiary/aromatic N) is 1. The number of alkyl halides is 3. The van der Waals surface area contributed by atoms with Crippen LogP contribution >= 0.6 is 11.6 Å². The van der Waals surface area contributed by atoms with Crippen molar-refractivity contribution in [1.82, 2.24) is 4.31 Å². The number of sulfonamides is 1. The van der Waals surface area contributed by atoms with Crippen molar-refractivity contribution < 1.29 is 35.9 Å². The van der Waals surface area contributed by atoms with E-state index in [1.165, 1.54) is 0 Å². The number of carbonyl (C=O) groups is 2. The molecule has 0 radical (unpaired) electrons. The summed E-state index contributed by atoms with van der Waals surface area (Å²) in [5.74, 6) is -2.10. The molecule has 1 heterocycles. The third-order valence-corrected chi connectivity index (χ3v) is 6.25. The number of esters is 1. The van der Waals surface area contributed by atoms with Gasteiger partial charge in [-0.1, -0.05) is 11.6 Å². The monoisotopic (exact) mass is 428 g/mol. The van der Waals surface area contributed by atoms with Crippen molar-refractivity contribution in [2.75, 3.05) is 19.7 Å². The largest absolute Gasteiger partial charge is 0.455 e. The fourth-order valence-electron chi connectivity index (χ4n) is 2.62. The molecule has 1 saturated heterocycles. The highest BCUT2D eigenvalue weighted by atomic mass is 35.5. The van der Waals surface area contributed by atoms with Crippen molar-refractivity contribution >= 4 is 33.5 Å². The maximum absolute atomic E-state index is 13.0. The van der Waals surface area contributed by atoms with E-state index in [2.05, 4.69) is 0 Å². The fourth-order valence-corrected chi connectivity index (χ4v) is 4.34. The number of primary amides is 1. The quantitative estimate of drug-likeness (QED) is 0.719. The Morgan fingerprint density at radius 2 is 1.85 bits per heavy atom. The lowest BCUT2D eigenvalue weighted by Crippen LogP contribution is -2.41. The highest BCUT2D eigenvalue weighted by Crippen LogP contribution is 2.36. The van der Waals surface area contributed by atoms with Gasteiger partial charge in [-0.25, -0.2) is 8.42 Å². The van der Waals surface area contributed by atoms with E-state index in [0.29, 0.717) is 6.07 Å². The van der Waals surface area contributed by atoms with E-state index < -0.39 is 56.1 Å². The van der Waals surface area contributed by atoms with E-state index in [1.807, 2.05) is 0 Å². The van der Waals surface area contributed by atoms with Crippen LogP contribution in [0.2, 0.25) is 5.02 Å². The molecule has 1 fully saturated rings. The van der Waals surface area contributed by atoms with Crippen LogP contribution in [0.1, 0.15) is 18.4 Å². The zero-order valence-corrected chi connectivity index (χ0v) is 15.4. The lowest BCUT2D eigenvalue weighted by atomic mass is 9.98. The molecule has 0 saturated carbocycles. The van der Waals surface area contributed by atoms with E-state index in [9.17, 15) is 31.2 Å². The Kier molecular flexibility index (Phi) is 6.38. The molecule has 1 aromatic rings. The highest BCUT2D eigenvalue weighted by molar-refractivity contribution is 7.89. The van der Waals surface area contributed by atoms with Crippen molar-refractivity contribution in [2.24, 2.45) is 11.7 Å². The Balaban J connectivity index is 2.11. The number of amides is 1. The van der Waals surface area contributed by atoms with Crippen LogP contribution in [0.25, 0.3) is 0 Å². The average Bonchev–Trinajstić information content (AvgIpc) is 2.59. The van der Waals surface area contributed by atoms with Gasteiger partial charge in [-0.3, -0.25) is 9.59 Å². The van der Waals surface area contributed by atoms with Gasteiger partial charge in [-0.15, -0.1) is 0 Å². The smallest absolute Gasteiger partial charge is 0.417 e. The summed E-state index contributed by atoms with van der Waals surface area (Å²) >= 11 is 5.51. The van der Waals surface area contributed by atoms with Gasteiger partial charge < -0.3 is 10.5 Å². The third kappa shape index (κ3) is 5.11. The maximum Gasteiger partial charge on any atom is 0.417 e. The van der Waals surface area contributed by atoms with Gasteiger partial charge in [0.25, 0.3) is 5.91 Å². The number of hydrogen-bond donors (Lipinski definition) is 1. The minimum atomic E-state index is -4.79. The first-order valence-electron chi connectivity index (χ1n) is 7.74. The molecule has 0 aromatic heterocycles. The molecule has 0 atom stereocenters. The van der Waals surface area contributed by atoms with E-state index in [-0.39, 0.29) is 25.9 Å². The number of ether oxygens (including phenoxy) is 1. The standard InChI is InChI=1S/C15H16ClF3N2O5S/c16-12-2-1-10(7-11(12)15(17,18)19)27(24,25)21-5-3-9(4-6-21)14(23)26-8-13(20)22/h1-2,7,9H,3-6,8H2,(H2,20,22). The molecule has 27 heavy (non-hydrogen) atoms. The van der Waals surface area contributed by atoms with Crippen molar-refractivity contribution in [3.8, 4) is 0 Å². The van der Waals surface area contributed by atoms with Gasteiger partial charge >= 0.3 is 12.1 Å². The minimum Gasteiger partial charge on any atom is -0.455 e. The topological polar surface area (TPSA) is 107 Å². The van der Waals surface area contributed by atoms with Crippen LogP contribution in [0, 0.1) is 5.92 Å². The van der Waals surface area contributed by atoms with Gasteiger partial charge in [0.1, 0.15) is 0 Å². The highest BCUT2D eigenvalue weighted by Gasteiger charge is 2.37. The van der Waals surface area contributed by atoms with Gasteiger partial charge in [0.05, 0.1) is 21.4 Å². The van der Waals surface area contributed by atoms with Crippen LogP contribution in [0.15, 0.2) is 23.1 Å². The van der Waals surface area contributed by atoms with Crippen LogP contribution in [-0.4, -0.2) is 44.3 Å². The normalized spacial score (nSPS) is 16.9. The Hall–Kier alpha value is -1.85. The minimum absolute atomic E-state index is 0.0807. The van der Waals surface area contributed by atoms with Crippen LogP contribution in [0.3, 0.4) is 0 Å². The first-order chi connectivity index (χ1) is 12.4. The van der Waals surface area contributed by atoms with Gasteiger partial charge in [-0.05, 0) is 31.0 Å². The lowest BCUT2D eigenvalue weighted by molar-refractivity contribution is -0.153. The van der Waals surface area contributed by atoms with Gasteiger partial charge in [-0.2, -0.15) is 17.5 Å². The summed E-state index contributed by atoms with van der Waals surface area (Å²) in [6, 6.07) is 2.37. The van der Waals surface area contributed by atoms with Crippen molar-refractivity contribution in [2.45, 2.75) is 23.9 Å². The zero-order chi connectivity index (χ0) is 20.4. The Morgan fingerprint density at radius 1 is 1.26 bits per heavy atom. The second-order valence-corrected chi connectivity index (χ2v) is 8.24. The third-order valence-electron chi connectivity index (χ3n) is 4.02. The summed E-state index contributed by atoms with van der Waals surface area (Å²) in [4.78, 5) is 21.9. The van der Waals surface area contributed by atoms with Gasteiger partial charge in [0.15, 0.2) is 6.61 Å². The first kappa shape index (κ1) is 21.5. The molecule has 12 heteroatoms. The molecule has 1 aliphatic heterocycles. The van der Waals surface area contributed by atoms with Crippen LogP contribution < -0.4 is 5.73 Å². The molecular weight excluding hydrogens is 413 g/mol. The van der Waals surface area contributed by atoms with Crippen molar-refractivity contribution in [3.05, 3.63) is 28.8 Å². The van der Waals surface area contributed by atoms with Gasteiger partial charge in [0, 0.05) is 13.1 Å². The number of benzene rings is 1. The molecule has 0 bridgehead atoms. The van der Waals surface area contributed by atoms with E-state index >= 15 is 0 Å². The molecule has 7 nitrogen and oxygen atoms in total. The summed E-state index contributed by atoms with van der Waals surface area (Å²) in [5, 5.41) is -0.600. The van der Waals surface area contributed by atoms with Gasteiger partial charge in [0.2, 0.25) is 10.0 Å². The predicted molar refractivity (Wildman–Crippen MR) is 88.1 cm³/mol. The molecule has 1 aliphatic rings. The molecule has 150 valence electrons. The van der Waals surface area contributed by atoms with E-state index in [1.54, 1.807) is 0 Å². The second-order valence-electron chi connectivity index (χ2n) is 5.89. The van der Waals surface area contributed by atoms with Crippen LogP contribution in [0.4, 0.5) is 13.2 Å². The number of halogens is 4. The molecule has 2 rings (SSSR count). The van der Waals surface area contributed by atoms with Crippen molar-refractivity contribution in [3.63, 3.8) is 0 Å². The number of hydrogen-bond acceptors (Lipinski definition) is 5. The summed E-state index contributed by atoms with van der Waals surface area (Å²) < 4.78 is 69.8. The summed E-state index contributed by atoms with van der Waals surface area (Å²) in [6.45, 7) is -0.729. The SMILES string of the molecule is NC(=O)COC(=O)C1CCN(S(=O)(=O)c2ccc(Cl)c(C(F)(F)F)c2)CC1. The number of piperidine rings is 1. The molecule has 0 unspecified atom stereocenters. The van der Waals surface area contributed by atoms with E-state index in [4.69, 9.17) is 22.1 Å². The molecule has 2 N–H and O–H groups in total. The number of carbonyl (C=O) groups excluding carboxylic acids is 2. The first-order valence-corrected chi connectivity index (χ1v) is 9.56. The lowest BCUT2D eigenvalue weighted by Gasteiger charge is -2.30. The number of nitrogens with two attached hydrogens (primary N) is 1. The second kappa shape index (κ2) is 8.03. The summed E-state index contributed by atoms with van der Waals surface area (Å²) in [6.07, 6.45) is -4.58. The molecule has 0 spiro atoms. The summed E-state index contributed by atoms with van der Waals surface area (Å²) in [5.41, 5.74) is 3.63. The average molecular weight is 429 g/mol. The Bertz CT molecular complexity index is 836. The predicted octanol–water partition coefficient (Wildman–Crippen LogP) is 1.79. The fraction of sp³-hybridized carbons (Fsp3) is 0.467. The molecular formula is C15H16ClF3N2O5S. The van der Waals surface area contributed by atoms with Crippen LogP contribution in [0.5, 0.6) is 0 Å². The number of rotatable bonds is 5. The molecule has 1 amide bonds. The molecule has 0 aliphatic carbocycles.